The number of nitrogens with one attached hydrogen (secondary N) is 2. The van der Waals surface area contributed by atoms with E-state index < -0.39 is 0 Å². The molecule has 1 heterocycles. The van der Waals surface area contributed by atoms with Crippen molar-refractivity contribution in [1.29, 1.82) is 10.7 Å². The van der Waals surface area contributed by atoms with Crippen molar-refractivity contribution in [2.75, 3.05) is 5.32 Å². The van der Waals surface area contributed by atoms with Gasteiger partial charge in [-0.3, -0.25) is 15.2 Å². The summed E-state index contributed by atoms with van der Waals surface area (Å²) < 4.78 is 0. The first-order valence-electron chi connectivity index (χ1n) is 10.3. The monoisotopic (exact) mass is 431 g/mol. The predicted octanol–water partition coefficient (Wildman–Crippen LogP) is 5.13. The molecule has 0 unspecified atom stereocenters. The van der Waals surface area contributed by atoms with Crippen molar-refractivity contribution >= 4 is 17.4 Å². The van der Waals surface area contributed by atoms with Crippen LogP contribution in [0.1, 0.15) is 27.2 Å². The van der Waals surface area contributed by atoms with Crippen LogP contribution in [0.3, 0.4) is 0 Å². The molecule has 3 aromatic carbocycles. The van der Waals surface area contributed by atoms with Crippen molar-refractivity contribution in [2.45, 2.75) is 6.92 Å². The summed E-state index contributed by atoms with van der Waals surface area (Å²) in [5.74, 6) is -0.343. The van der Waals surface area contributed by atoms with Gasteiger partial charge in [0.15, 0.2) is 0 Å². The van der Waals surface area contributed by atoms with E-state index in [-0.39, 0.29) is 11.7 Å². The molecule has 0 aliphatic carbocycles. The average molecular weight is 431 g/mol. The van der Waals surface area contributed by atoms with Crippen LogP contribution in [0.15, 0.2) is 84.9 Å². The van der Waals surface area contributed by atoms with Gasteiger partial charge in [0.2, 0.25) is 0 Å². The van der Waals surface area contributed by atoms with E-state index >= 15 is 0 Å². The normalized spacial score (nSPS) is 10.3. The SMILES string of the molecule is Cc1ccc(C(=O)Nc2ccc(-c3ccccc3C#N)cc2)c(-c2cccc(C(=N)N)c2)n1. The minimum absolute atomic E-state index is 0.0476. The number of hydrogen-bond acceptors (Lipinski definition) is 4. The number of pyridine rings is 1. The number of aryl methyl sites for hydroxylation is 1. The number of amides is 1. The minimum Gasteiger partial charge on any atom is -0.384 e. The van der Waals surface area contributed by atoms with E-state index in [9.17, 15) is 10.1 Å². The van der Waals surface area contributed by atoms with Gasteiger partial charge in [0, 0.05) is 22.5 Å². The number of carbonyl (C=O) groups is 1. The van der Waals surface area contributed by atoms with Gasteiger partial charge in [0.05, 0.1) is 22.9 Å². The molecular formula is C27H21N5O. The topological polar surface area (TPSA) is 116 Å². The highest BCUT2D eigenvalue weighted by Crippen LogP contribution is 2.27. The van der Waals surface area contributed by atoms with E-state index in [1.165, 1.54) is 0 Å². The molecule has 6 heteroatoms. The van der Waals surface area contributed by atoms with Crippen LogP contribution >= 0.6 is 0 Å². The highest BCUT2D eigenvalue weighted by molar-refractivity contribution is 6.08. The minimum atomic E-state index is -0.295. The van der Waals surface area contributed by atoms with Gasteiger partial charge >= 0.3 is 0 Å². The molecule has 160 valence electrons. The first-order valence-corrected chi connectivity index (χ1v) is 10.3. The number of rotatable bonds is 5. The van der Waals surface area contributed by atoms with Gasteiger partial charge in [0.25, 0.3) is 5.91 Å². The summed E-state index contributed by atoms with van der Waals surface area (Å²) in [4.78, 5) is 17.7. The molecule has 33 heavy (non-hydrogen) atoms. The summed E-state index contributed by atoms with van der Waals surface area (Å²) in [6.45, 7) is 1.86. The van der Waals surface area contributed by atoms with Gasteiger partial charge in [-0.25, -0.2) is 0 Å². The summed E-state index contributed by atoms with van der Waals surface area (Å²) in [7, 11) is 0. The number of benzene rings is 3. The van der Waals surface area contributed by atoms with Crippen molar-refractivity contribution in [1.82, 2.24) is 4.98 Å². The Kier molecular flexibility index (Phi) is 5.96. The number of nitrogens with zero attached hydrogens (tertiary/aromatic N) is 2. The quantitative estimate of drug-likeness (QED) is 0.300. The van der Waals surface area contributed by atoms with Crippen molar-refractivity contribution in [3.8, 4) is 28.5 Å². The number of hydrogen-bond donors (Lipinski definition) is 3. The molecular weight excluding hydrogens is 410 g/mol. The summed E-state index contributed by atoms with van der Waals surface area (Å²) in [6, 6.07) is 27.6. The summed E-state index contributed by atoms with van der Waals surface area (Å²) in [5, 5.41) is 19.9. The lowest BCUT2D eigenvalue weighted by Crippen LogP contribution is -2.15. The molecule has 0 radical (unpaired) electrons. The number of aromatic nitrogens is 1. The van der Waals surface area contributed by atoms with E-state index in [1.807, 2.05) is 43.3 Å². The Morgan fingerprint density at radius 2 is 1.73 bits per heavy atom. The molecule has 6 nitrogen and oxygen atoms in total. The standard InChI is InChI=1S/C27H21N5O/c1-17-9-14-24(25(31-17)19-6-4-7-20(15-19)26(29)30)27(33)32-22-12-10-18(11-13-22)23-8-3-2-5-21(23)16-28/h2-15H,1H3,(H3,29,30)(H,32,33). The van der Waals surface area contributed by atoms with Crippen molar-refractivity contribution in [3.05, 3.63) is 107 Å². The van der Waals surface area contributed by atoms with Crippen molar-refractivity contribution in [3.63, 3.8) is 0 Å². The van der Waals surface area contributed by atoms with Gasteiger partial charge in [-0.15, -0.1) is 0 Å². The first kappa shape index (κ1) is 21.5. The lowest BCUT2D eigenvalue weighted by molar-refractivity contribution is 0.102. The molecule has 0 fully saturated rings. The van der Waals surface area contributed by atoms with Gasteiger partial charge < -0.3 is 11.1 Å². The number of nitrogen functional groups attached to an aromatic ring is 1. The fourth-order valence-electron chi connectivity index (χ4n) is 3.56. The molecule has 1 aromatic heterocycles. The average Bonchev–Trinajstić information content (AvgIpc) is 2.84. The Bertz CT molecular complexity index is 1400. The number of anilines is 1. The zero-order valence-electron chi connectivity index (χ0n) is 18.0. The third-order valence-electron chi connectivity index (χ3n) is 5.23. The predicted molar refractivity (Wildman–Crippen MR) is 130 cm³/mol. The number of amidine groups is 1. The third-order valence-corrected chi connectivity index (χ3v) is 5.23. The second-order valence-electron chi connectivity index (χ2n) is 7.53. The summed E-state index contributed by atoms with van der Waals surface area (Å²) in [6.07, 6.45) is 0. The van der Waals surface area contributed by atoms with Crippen LogP contribution in [-0.2, 0) is 0 Å². The molecule has 0 bridgehead atoms. The van der Waals surface area contributed by atoms with Crippen LogP contribution in [0, 0.1) is 23.7 Å². The van der Waals surface area contributed by atoms with Gasteiger partial charge in [-0.1, -0.05) is 48.5 Å². The van der Waals surface area contributed by atoms with E-state index in [2.05, 4.69) is 16.4 Å². The van der Waals surface area contributed by atoms with Crippen LogP contribution in [0.2, 0.25) is 0 Å². The molecule has 4 rings (SSSR count). The zero-order chi connectivity index (χ0) is 23.4. The molecule has 0 atom stereocenters. The van der Waals surface area contributed by atoms with Crippen molar-refractivity contribution in [2.24, 2.45) is 5.73 Å². The molecule has 1 amide bonds. The summed E-state index contributed by atoms with van der Waals surface area (Å²) in [5.41, 5.74) is 11.6. The maximum absolute atomic E-state index is 13.1. The lowest BCUT2D eigenvalue weighted by Gasteiger charge is -2.12. The van der Waals surface area contributed by atoms with E-state index in [0.29, 0.717) is 33.6 Å². The van der Waals surface area contributed by atoms with E-state index in [0.717, 1.165) is 16.8 Å². The van der Waals surface area contributed by atoms with Gasteiger partial charge in [-0.05, 0) is 54.4 Å². The molecule has 0 aliphatic heterocycles. The molecule has 0 aliphatic rings. The van der Waals surface area contributed by atoms with Crippen LogP contribution < -0.4 is 11.1 Å². The van der Waals surface area contributed by atoms with Crippen LogP contribution in [-0.4, -0.2) is 16.7 Å². The van der Waals surface area contributed by atoms with Gasteiger partial charge in [-0.2, -0.15) is 5.26 Å². The van der Waals surface area contributed by atoms with Gasteiger partial charge in [0.1, 0.15) is 5.84 Å². The highest BCUT2D eigenvalue weighted by Gasteiger charge is 2.16. The fraction of sp³-hybridized carbons (Fsp3) is 0.0370. The van der Waals surface area contributed by atoms with E-state index in [4.69, 9.17) is 11.1 Å². The lowest BCUT2D eigenvalue weighted by atomic mass is 10.00. The smallest absolute Gasteiger partial charge is 0.257 e. The zero-order valence-corrected chi connectivity index (χ0v) is 18.0. The van der Waals surface area contributed by atoms with E-state index in [1.54, 1.807) is 48.5 Å². The molecule has 0 spiro atoms. The van der Waals surface area contributed by atoms with Crippen LogP contribution in [0.4, 0.5) is 5.69 Å². The molecule has 4 aromatic rings. The Labute approximate surface area is 191 Å². The molecule has 0 saturated carbocycles. The number of nitriles is 1. The number of nitrogens with two attached hydrogens (primary N) is 1. The largest absolute Gasteiger partial charge is 0.384 e. The third kappa shape index (κ3) is 4.63. The van der Waals surface area contributed by atoms with Crippen LogP contribution in [0.5, 0.6) is 0 Å². The Hall–Kier alpha value is -4.76. The Morgan fingerprint density at radius 3 is 2.45 bits per heavy atom. The highest BCUT2D eigenvalue weighted by atomic mass is 16.1. The van der Waals surface area contributed by atoms with Crippen LogP contribution in [0.25, 0.3) is 22.4 Å². The first-order chi connectivity index (χ1) is 16.0. The second kappa shape index (κ2) is 9.16. The molecule has 0 saturated heterocycles. The Morgan fingerprint density at radius 1 is 0.970 bits per heavy atom. The van der Waals surface area contributed by atoms with Crippen molar-refractivity contribution < 1.29 is 4.79 Å². The maximum atomic E-state index is 13.1. The number of carbonyl (C=O) groups excluding carboxylic acids is 1. The maximum Gasteiger partial charge on any atom is 0.257 e. The Balaban J connectivity index is 1.63. The molecule has 4 N–H and O–H groups in total. The summed E-state index contributed by atoms with van der Waals surface area (Å²) >= 11 is 0. The fourth-order valence-corrected chi connectivity index (χ4v) is 3.56. The second-order valence-corrected chi connectivity index (χ2v) is 7.53.